The van der Waals surface area contributed by atoms with Gasteiger partial charge >= 0.3 is 23.9 Å². The van der Waals surface area contributed by atoms with Gasteiger partial charge in [-0.1, -0.05) is 278 Å². The molecule has 0 amide bonds. The summed E-state index contributed by atoms with van der Waals surface area (Å²) in [6.45, 7) is 13.6. The van der Waals surface area contributed by atoms with E-state index in [0.29, 0.717) is 49.4 Å². The van der Waals surface area contributed by atoms with E-state index < -0.39 is 6.10 Å². The molecule has 0 fully saturated rings. The summed E-state index contributed by atoms with van der Waals surface area (Å²) in [6.07, 6.45) is 54.1. The van der Waals surface area contributed by atoms with E-state index in [1.165, 1.54) is 192 Å². The van der Waals surface area contributed by atoms with Crippen molar-refractivity contribution in [2.24, 2.45) is 5.41 Å². The van der Waals surface area contributed by atoms with Crippen LogP contribution in [-0.4, -0.2) is 89.9 Å². The van der Waals surface area contributed by atoms with Gasteiger partial charge in [0.2, 0.25) is 6.73 Å². The number of hydrogen-bond acceptors (Lipinski definition) is 12. The second kappa shape index (κ2) is 51.2. The van der Waals surface area contributed by atoms with Gasteiger partial charge in [0.1, 0.15) is 25.5 Å². The molecular formula is C69H126N3O9S+. The lowest BCUT2D eigenvalue weighted by Gasteiger charge is -2.36. The van der Waals surface area contributed by atoms with Crippen LogP contribution >= 0.6 is 11.7 Å². The van der Waals surface area contributed by atoms with Gasteiger partial charge in [-0.05, 0) is 37.5 Å². The van der Waals surface area contributed by atoms with Gasteiger partial charge in [0.25, 0.3) is 5.88 Å². The topological polar surface area (TPSA) is 140 Å². The molecule has 0 radical (unpaired) electrons. The molecule has 2 heterocycles. The van der Waals surface area contributed by atoms with Crippen LogP contribution in [0, 0.1) is 5.41 Å². The van der Waals surface area contributed by atoms with Crippen molar-refractivity contribution in [3.05, 3.63) is 11.8 Å². The second-order valence-corrected chi connectivity index (χ2v) is 26.2. The Labute approximate surface area is 507 Å². The van der Waals surface area contributed by atoms with Gasteiger partial charge in [0.15, 0.2) is 6.10 Å². The van der Waals surface area contributed by atoms with Crippen molar-refractivity contribution in [3.8, 4) is 5.88 Å². The maximum Gasteiger partial charge on any atom is 0.310 e. The Morgan fingerprint density at radius 2 is 0.890 bits per heavy atom. The van der Waals surface area contributed by atoms with Crippen molar-refractivity contribution < 1.29 is 47.3 Å². The average Bonchev–Trinajstić information content (AvgIpc) is 3.95. The molecule has 0 spiro atoms. The Bertz CT molecular complexity index is 1710. The molecule has 12 nitrogen and oxygen atoms in total. The van der Waals surface area contributed by atoms with Gasteiger partial charge in [-0.3, -0.25) is 23.7 Å². The molecule has 1 aliphatic rings. The van der Waals surface area contributed by atoms with Crippen molar-refractivity contribution in [2.45, 2.75) is 343 Å². The highest BCUT2D eigenvalue weighted by Gasteiger charge is 2.32. The highest BCUT2D eigenvalue weighted by atomic mass is 32.1. The minimum atomic E-state index is -0.796. The van der Waals surface area contributed by atoms with Gasteiger partial charge < -0.3 is 23.7 Å². The third-order valence-corrected chi connectivity index (χ3v) is 17.1. The zero-order valence-corrected chi connectivity index (χ0v) is 54.9. The second-order valence-electron chi connectivity index (χ2n) is 25.7. The van der Waals surface area contributed by atoms with Gasteiger partial charge in [-0.2, -0.15) is 4.37 Å². The Kier molecular flexibility index (Phi) is 46.8. The number of esters is 4. The van der Waals surface area contributed by atoms with Crippen LogP contribution in [0.1, 0.15) is 342 Å². The molecule has 2 rings (SSSR count). The fraction of sp³-hybridized carbons (Fsp3) is 0.884. The smallest absolute Gasteiger partial charge is 0.310 e. The van der Waals surface area contributed by atoms with Crippen molar-refractivity contribution in [1.29, 1.82) is 0 Å². The normalized spacial score (nSPS) is 14.5. The summed E-state index contributed by atoms with van der Waals surface area (Å²) >= 11 is 1.20. The van der Waals surface area contributed by atoms with E-state index in [2.05, 4.69) is 56.5 Å². The van der Waals surface area contributed by atoms with Crippen LogP contribution in [0.15, 0.2) is 6.08 Å². The molecule has 13 heteroatoms. The predicted molar refractivity (Wildman–Crippen MR) is 340 cm³/mol. The first-order chi connectivity index (χ1) is 39.9. The lowest BCUT2D eigenvalue weighted by Crippen LogP contribution is -2.49. The minimum Gasteiger partial charge on any atom is -0.475 e. The lowest BCUT2D eigenvalue weighted by atomic mass is 9.83. The summed E-state index contributed by atoms with van der Waals surface area (Å²) in [5.74, 6) is -0.389. The molecule has 1 aromatic rings. The summed E-state index contributed by atoms with van der Waals surface area (Å²) in [5.41, 5.74) is 1.86. The van der Waals surface area contributed by atoms with Crippen molar-refractivity contribution >= 4 is 41.2 Å². The first-order valence-electron chi connectivity index (χ1n) is 34.5. The summed E-state index contributed by atoms with van der Waals surface area (Å²) in [6, 6.07) is 0. The number of quaternary nitrogens is 1. The molecule has 0 saturated heterocycles. The quantitative estimate of drug-likeness (QED) is 0.0266. The molecule has 1 atom stereocenters. The van der Waals surface area contributed by atoms with Crippen molar-refractivity contribution in [3.63, 3.8) is 0 Å². The third kappa shape index (κ3) is 42.7. The molecule has 0 bridgehead atoms. The van der Waals surface area contributed by atoms with E-state index in [0.717, 1.165) is 121 Å². The van der Waals surface area contributed by atoms with Gasteiger partial charge in [0.05, 0.1) is 38.3 Å². The fourth-order valence-electron chi connectivity index (χ4n) is 11.2. The number of carbonyl (C=O) groups is 4. The van der Waals surface area contributed by atoms with Crippen LogP contribution in [-0.2, 0) is 38.1 Å². The number of nitrogens with zero attached hydrogens (tertiary/aromatic N) is 3. The number of likely N-dealkylation sites (N-methyl/N-ethyl adjacent to an activating group) is 1. The molecular weight excluding hydrogens is 1050 g/mol. The molecule has 1 unspecified atom stereocenters. The molecule has 0 saturated carbocycles. The molecule has 0 aromatic carbocycles. The zero-order valence-electron chi connectivity index (χ0n) is 54.1. The summed E-state index contributed by atoms with van der Waals surface area (Å²) in [5, 5.41) is 0. The van der Waals surface area contributed by atoms with E-state index in [9.17, 15) is 19.2 Å². The van der Waals surface area contributed by atoms with Gasteiger partial charge in [-0.25, -0.2) is 0 Å². The average molecular weight is 1170 g/mol. The summed E-state index contributed by atoms with van der Waals surface area (Å²) < 4.78 is 38.6. The molecule has 1 aromatic heterocycles. The third-order valence-electron chi connectivity index (χ3n) is 16.6. The Hall–Kier alpha value is -3.06. The number of hydrogen-bond donors (Lipinski definition) is 0. The highest BCUT2D eigenvalue weighted by Crippen LogP contribution is 2.32. The molecule has 0 N–H and O–H groups in total. The van der Waals surface area contributed by atoms with Crippen molar-refractivity contribution in [2.75, 3.05) is 46.7 Å². The van der Waals surface area contributed by atoms with Crippen LogP contribution < -0.4 is 4.74 Å². The largest absolute Gasteiger partial charge is 0.475 e. The van der Waals surface area contributed by atoms with Gasteiger partial charge in [0, 0.05) is 31.3 Å². The maximum absolute atomic E-state index is 13.1. The van der Waals surface area contributed by atoms with Crippen LogP contribution in [0.4, 0.5) is 0 Å². The number of aromatic nitrogens is 2. The fourth-order valence-corrected chi connectivity index (χ4v) is 11.8. The number of carbonyl (C=O) groups excluding carboxylic acids is 4. The number of ether oxygens (including phenoxy) is 5. The first kappa shape index (κ1) is 75.0. The van der Waals surface area contributed by atoms with Crippen LogP contribution in [0.2, 0.25) is 0 Å². The molecule has 1 aliphatic heterocycles. The minimum absolute atomic E-state index is 0.0896. The van der Waals surface area contributed by atoms with E-state index >= 15 is 0 Å². The van der Waals surface area contributed by atoms with Crippen LogP contribution in [0.5, 0.6) is 5.88 Å². The van der Waals surface area contributed by atoms with Crippen molar-refractivity contribution in [1.82, 2.24) is 8.75 Å². The monoisotopic (exact) mass is 1170 g/mol. The van der Waals surface area contributed by atoms with Crippen LogP contribution in [0.3, 0.4) is 0 Å². The number of rotatable bonds is 58. The van der Waals surface area contributed by atoms with Gasteiger partial charge in [-0.15, -0.1) is 4.37 Å². The van der Waals surface area contributed by atoms with E-state index in [1.807, 2.05) is 0 Å². The van der Waals surface area contributed by atoms with E-state index in [4.69, 9.17) is 23.7 Å². The molecule has 0 aliphatic carbocycles. The van der Waals surface area contributed by atoms with E-state index in [1.54, 1.807) is 0 Å². The predicted octanol–water partition coefficient (Wildman–Crippen LogP) is 19.7. The SMILES string of the molecule is CCCCCCCCCCCCCCCC(=O)OCC(COC(=O)CCCCCCCCCCCCCCC)OC(=O)CCCCCCCCCCCCCC(C)(C)CC(=O)OC[N+]1(C)CCC=C(c2nsnc2OCCCCCC)C1. The zero-order chi connectivity index (χ0) is 59.5. The highest BCUT2D eigenvalue weighted by molar-refractivity contribution is 6.99. The molecule has 82 heavy (non-hydrogen) atoms. The maximum atomic E-state index is 13.1. The van der Waals surface area contributed by atoms with Crippen LogP contribution in [0.25, 0.3) is 5.57 Å². The Morgan fingerprint density at radius 1 is 0.500 bits per heavy atom. The first-order valence-corrected chi connectivity index (χ1v) is 35.3. The molecule has 476 valence electrons. The Balaban J connectivity index is 1.58. The number of unbranched alkanes of at least 4 members (excludes halogenated alkanes) is 37. The van der Waals surface area contributed by atoms with E-state index in [-0.39, 0.29) is 42.5 Å². The Morgan fingerprint density at radius 3 is 1.33 bits per heavy atom. The lowest BCUT2D eigenvalue weighted by molar-refractivity contribution is -0.919. The summed E-state index contributed by atoms with van der Waals surface area (Å²) in [7, 11) is 2.16. The summed E-state index contributed by atoms with van der Waals surface area (Å²) in [4.78, 5) is 51.5. The standard InChI is InChI=1S/C69H126N3O9S/c1-7-10-13-16-18-20-22-24-27-31-35-39-43-50-63(73)78-58-62(59-79-64(74)51-44-40-36-32-28-25-23-21-19-17-14-11-8-2)81-65(75)52-45-41-37-33-29-26-30-34-38-42-46-53-69(4,5)56-66(76)80-60-72(6)54-48-49-61(57-72)67-68(71-82-70-67)77-55-47-15-12-9-3/h49,62H,7-48,50-60H2,1-6H3/q+1.